The highest BCUT2D eigenvalue weighted by Gasteiger charge is 2.30. The summed E-state index contributed by atoms with van der Waals surface area (Å²) >= 11 is 0. The van der Waals surface area contributed by atoms with Gasteiger partial charge in [-0.05, 0) is 43.4 Å². The maximum atomic E-state index is 12.6. The number of carbonyl (C=O) groups is 1. The Morgan fingerprint density at radius 1 is 1.35 bits per heavy atom. The van der Waals surface area contributed by atoms with Crippen molar-refractivity contribution in [3.63, 3.8) is 0 Å². The Labute approximate surface area is 122 Å². The predicted octanol–water partition coefficient (Wildman–Crippen LogP) is 3.31. The summed E-state index contributed by atoms with van der Waals surface area (Å²) in [5.74, 6) is 0.715. The molecule has 1 aliphatic heterocycles. The summed E-state index contributed by atoms with van der Waals surface area (Å²) < 4.78 is 0. The molecule has 110 valence electrons. The van der Waals surface area contributed by atoms with Crippen molar-refractivity contribution in [3.05, 3.63) is 29.8 Å². The normalized spacial score (nSPS) is 21.1. The van der Waals surface area contributed by atoms with E-state index in [0.717, 1.165) is 38.0 Å². The van der Waals surface area contributed by atoms with E-state index in [1.807, 2.05) is 11.0 Å². The molecule has 1 aromatic rings. The first-order chi connectivity index (χ1) is 9.69. The summed E-state index contributed by atoms with van der Waals surface area (Å²) in [6.45, 7) is 8.17. The van der Waals surface area contributed by atoms with Crippen LogP contribution in [0.25, 0.3) is 0 Å². The molecular weight excluding hydrogens is 248 g/mol. The van der Waals surface area contributed by atoms with Crippen LogP contribution in [0, 0.1) is 0 Å². The smallest absolute Gasteiger partial charge is 0.244 e. The van der Waals surface area contributed by atoms with Gasteiger partial charge in [-0.25, -0.2) is 0 Å². The monoisotopic (exact) mass is 274 g/mol. The standard InChI is InChI=1S/C17H26N2O/c1-4-13(3)14-9-6-7-11-16(14)19-12-8-10-15(17(19)20)18-5-2/h6-7,9,11,13,15,18H,4-5,8,10,12H2,1-3H3. The highest BCUT2D eigenvalue weighted by molar-refractivity contribution is 5.98. The second kappa shape index (κ2) is 6.89. The molecule has 1 N–H and O–H groups in total. The van der Waals surface area contributed by atoms with E-state index in [0.29, 0.717) is 5.92 Å². The van der Waals surface area contributed by atoms with Crippen LogP contribution in [0.5, 0.6) is 0 Å². The number of likely N-dealkylation sites (N-methyl/N-ethyl adjacent to an activating group) is 1. The SMILES string of the molecule is CCNC1CCCN(c2ccccc2C(C)CC)C1=O. The number of nitrogens with zero attached hydrogens (tertiary/aromatic N) is 1. The third-order valence-electron chi connectivity index (χ3n) is 4.26. The molecule has 2 unspecified atom stereocenters. The van der Waals surface area contributed by atoms with Crippen molar-refractivity contribution in [2.24, 2.45) is 0 Å². The first-order valence-electron chi connectivity index (χ1n) is 7.82. The van der Waals surface area contributed by atoms with Crippen LogP contribution in [0.15, 0.2) is 24.3 Å². The maximum Gasteiger partial charge on any atom is 0.244 e. The number of hydrogen-bond acceptors (Lipinski definition) is 2. The minimum atomic E-state index is -0.0151. The Morgan fingerprint density at radius 3 is 2.80 bits per heavy atom. The van der Waals surface area contributed by atoms with Crippen LogP contribution in [0.4, 0.5) is 5.69 Å². The molecule has 1 heterocycles. The van der Waals surface area contributed by atoms with E-state index in [1.165, 1.54) is 5.56 Å². The number of para-hydroxylation sites is 1. The lowest BCUT2D eigenvalue weighted by Gasteiger charge is -2.34. The van der Waals surface area contributed by atoms with E-state index in [9.17, 15) is 4.79 Å². The van der Waals surface area contributed by atoms with Crippen LogP contribution in [-0.2, 0) is 4.79 Å². The number of rotatable bonds is 5. The van der Waals surface area contributed by atoms with Crippen LogP contribution in [0.2, 0.25) is 0 Å². The summed E-state index contributed by atoms with van der Waals surface area (Å²) in [6, 6.07) is 8.34. The summed E-state index contributed by atoms with van der Waals surface area (Å²) in [5, 5.41) is 3.31. The molecular formula is C17H26N2O. The molecule has 0 aliphatic carbocycles. The van der Waals surface area contributed by atoms with Gasteiger partial charge in [-0.1, -0.05) is 39.0 Å². The Bertz CT molecular complexity index is 456. The molecule has 0 spiro atoms. The topological polar surface area (TPSA) is 32.3 Å². The van der Waals surface area contributed by atoms with Crippen molar-refractivity contribution in [1.29, 1.82) is 0 Å². The fourth-order valence-corrected chi connectivity index (χ4v) is 2.92. The van der Waals surface area contributed by atoms with Gasteiger partial charge in [0.15, 0.2) is 0 Å². The van der Waals surface area contributed by atoms with Crippen LogP contribution in [0.3, 0.4) is 0 Å². The number of anilines is 1. The van der Waals surface area contributed by atoms with Crippen LogP contribution in [-0.4, -0.2) is 25.0 Å². The molecule has 1 fully saturated rings. The van der Waals surface area contributed by atoms with Gasteiger partial charge in [-0.3, -0.25) is 4.79 Å². The van der Waals surface area contributed by atoms with E-state index in [1.54, 1.807) is 0 Å². The Morgan fingerprint density at radius 2 is 2.10 bits per heavy atom. The minimum absolute atomic E-state index is 0.0151. The van der Waals surface area contributed by atoms with Gasteiger partial charge in [0.05, 0.1) is 6.04 Å². The lowest BCUT2D eigenvalue weighted by molar-refractivity contribution is -0.121. The van der Waals surface area contributed by atoms with E-state index in [4.69, 9.17) is 0 Å². The van der Waals surface area contributed by atoms with Gasteiger partial charge in [0.25, 0.3) is 0 Å². The van der Waals surface area contributed by atoms with Gasteiger partial charge in [0.1, 0.15) is 0 Å². The van der Waals surface area contributed by atoms with Crippen LogP contribution >= 0.6 is 0 Å². The predicted molar refractivity (Wildman–Crippen MR) is 84.2 cm³/mol. The molecule has 2 rings (SSSR count). The lowest BCUT2D eigenvalue weighted by atomic mass is 9.94. The van der Waals surface area contributed by atoms with Crippen molar-refractivity contribution >= 4 is 11.6 Å². The number of hydrogen-bond donors (Lipinski definition) is 1. The molecule has 0 radical (unpaired) electrons. The molecule has 2 atom stereocenters. The van der Waals surface area contributed by atoms with Crippen molar-refractivity contribution in [3.8, 4) is 0 Å². The quantitative estimate of drug-likeness (QED) is 0.893. The summed E-state index contributed by atoms with van der Waals surface area (Å²) in [7, 11) is 0. The highest BCUT2D eigenvalue weighted by Crippen LogP contribution is 2.31. The van der Waals surface area contributed by atoms with Gasteiger partial charge < -0.3 is 10.2 Å². The van der Waals surface area contributed by atoms with E-state index < -0.39 is 0 Å². The second-order valence-corrected chi connectivity index (χ2v) is 5.61. The molecule has 0 bridgehead atoms. The zero-order valence-electron chi connectivity index (χ0n) is 12.9. The molecule has 1 aromatic carbocycles. The minimum Gasteiger partial charge on any atom is -0.311 e. The number of benzene rings is 1. The molecule has 1 aliphatic rings. The Kier molecular flexibility index (Phi) is 5.18. The average molecular weight is 274 g/mol. The Balaban J connectivity index is 2.28. The van der Waals surface area contributed by atoms with Gasteiger partial charge in [0, 0.05) is 12.2 Å². The summed E-state index contributed by atoms with van der Waals surface area (Å²) in [4.78, 5) is 14.6. The van der Waals surface area contributed by atoms with Crippen molar-refractivity contribution < 1.29 is 4.79 Å². The van der Waals surface area contributed by atoms with Crippen molar-refractivity contribution in [1.82, 2.24) is 5.32 Å². The average Bonchev–Trinajstić information content (AvgIpc) is 2.49. The number of piperidine rings is 1. The molecule has 0 saturated carbocycles. The van der Waals surface area contributed by atoms with Gasteiger partial charge in [-0.2, -0.15) is 0 Å². The number of amides is 1. The second-order valence-electron chi connectivity index (χ2n) is 5.61. The number of carbonyl (C=O) groups excluding carboxylic acids is 1. The fourth-order valence-electron chi connectivity index (χ4n) is 2.92. The molecule has 3 heteroatoms. The van der Waals surface area contributed by atoms with Gasteiger partial charge in [-0.15, -0.1) is 0 Å². The molecule has 0 aromatic heterocycles. The summed E-state index contributed by atoms with van der Waals surface area (Å²) in [5.41, 5.74) is 2.40. The van der Waals surface area contributed by atoms with E-state index in [2.05, 4.69) is 44.3 Å². The van der Waals surface area contributed by atoms with Gasteiger partial charge >= 0.3 is 0 Å². The molecule has 1 saturated heterocycles. The van der Waals surface area contributed by atoms with E-state index in [-0.39, 0.29) is 11.9 Å². The summed E-state index contributed by atoms with van der Waals surface area (Å²) in [6.07, 6.45) is 3.11. The zero-order valence-corrected chi connectivity index (χ0v) is 12.9. The molecule has 1 amide bonds. The lowest BCUT2D eigenvalue weighted by Crippen LogP contribution is -2.51. The third-order valence-corrected chi connectivity index (χ3v) is 4.26. The van der Waals surface area contributed by atoms with Crippen LogP contribution in [0.1, 0.15) is 51.5 Å². The largest absolute Gasteiger partial charge is 0.311 e. The first-order valence-corrected chi connectivity index (χ1v) is 7.82. The fraction of sp³-hybridized carbons (Fsp3) is 0.588. The van der Waals surface area contributed by atoms with Crippen LogP contribution < -0.4 is 10.2 Å². The third kappa shape index (κ3) is 3.04. The maximum absolute atomic E-state index is 12.6. The van der Waals surface area contributed by atoms with Crippen molar-refractivity contribution in [2.75, 3.05) is 18.0 Å². The van der Waals surface area contributed by atoms with Gasteiger partial charge in [0.2, 0.25) is 5.91 Å². The van der Waals surface area contributed by atoms with E-state index >= 15 is 0 Å². The highest BCUT2D eigenvalue weighted by atomic mass is 16.2. The zero-order chi connectivity index (χ0) is 14.5. The first kappa shape index (κ1) is 15.0. The molecule has 3 nitrogen and oxygen atoms in total. The number of nitrogens with one attached hydrogen (secondary N) is 1. The van der Waals surface area contributed by atoms with Crippen molar-refractivity contribution in [2.45, 2.75) is 52.0 Å². The Hall–Kier alpha value is -1.35. The molecule has 20 heavy (non-hydrogen) atoms.